The lowest BCUT2D eigenvalue weighted by Gasteiger charge is -2.29. The third-order valence-electron chi connectivity index (χ3n) is 6.26. The molecule has 1 amide bonds. The summed E-state index contributed by atoms with van der Waals surface area (Å²) in [5.74, 6) is -2.94. The molecule has 2 N–H and O–H groups in total. The molecule has 43 heavy (non-hydrogen) atoms. The fourth-order valence-electron chi connectivity index (χ4n) is 4.35. The SMILES string of the molecule is CCC[C@H](c1ccc(C(=O)NCCC(=O)O)cc1)[C@@H](Oc1cc(C#N)cc(C(F)(F)F)c1)c1ccc(OC(F)(F)F)cc1. The average molecular weight is 609 g/mol. The molecule has 0 bridgehead atoms. The van der Waals surface area contributed by atoms with Gasteiger partial charge < -0.3 is 19.9 Å². The molecular weight excluding hydrogens is 582 g/mol. The van der Waals surface area contributed by atoms with Crippen molar-refractivity contribution in [2.24, 2.45) is 0 Å². The van der Waals surface area contributed by atoms with Crippen LogP contribution in [0.15, 0.2) is 66.7 Å². The predicted molar refractivity (Wildman–Crippen MR) is 141 cm³/mol. The number of aliphatic carboxylic acids is 1. The van der Waals surface area contributed by atoms with Crippen LogP contribution >= 0.6 is 0 Å². The van der Waals surface area contributed by atoms with Crippen molar-refractivity contribution in [3.8, 4) is 17.6 Å². The Balaban J connectivity index is 2.03. The molecule has 7 nitrogen and oxygen atoms in total. The maximum absolute atomic E-state index is 13.6. The Kier molecular flexibility index (Phi) is 10.6. The van der Waals surface area contributed by atoms with E-state index in [-0.39, 0.29) is 29.8 Å². The van der Waals surface area contributed by atoms with Crippen LogP contribution in [0.5, 0.6) is 11.5 Å². The number of nitriles is 1. The van der Waals surface area contributed by atoms with Crippen LogP contribution in [-0.4, -0.2) is 29.9 Å². The standard InChI is InChI=1S/C30H26F6N2O5/c1-2-3-25(19-4-6-21(7-5-19)28(41)38-13-12-26(39)40)27(20-8-10-23(11-9-20)43-30(34,35)36)42-24-15-18(17-37)14-22(16-24)29(31,32)33/h4-11,14-16,25,27H,2-3,12-13H2,1H3,(H,38,41)(H,39,40)/t25-,27+/m1/s1. The van der Waals surface area contributed by atoms with E-state index in [9.17, 15) is 41.2 Å². The first-order chi connectivity index (χ1) is 20.2. The Morgan fingerprint density at radius 3 is 2.09 bits per heavy atom. The normalized spacial score (nSPS) is 13.0. The number of amides is 1. The van der Waals surface area contributed by atoms with Crippen molar-refractivity contribution in [2.45, 2.75) is 50.7 Å². The van der Waals surface area contributed by atoms with Crippen LogP contribution in [0.25, 0.3) is 0 Å². The second-order valence-electron chi connectivity index (χ2n) is 9.43. The van der Waals surface area contributed by atoms with Crippen LogP contribution in [0, 0.1) is 11.3 Å². The van der Waals surface area contributed by atoms with Gasteiger partial charge in [0.2, 0.25) is 0 Å². The molecule has 0 radical (unpaired) electrons. The van der Waals surface area contributed by atoms with E-state index in [0.717, 1.165) is 24.3 Å². The molecule has 0 aliphatic heterocycles. The van der Waals surface area contributed by atoms with Crippen molar-refractivity contribution in [3.05, 3.63) is 94.5 Å². The number of carbonyl (C=O) groups excluding carboxylic acids is 1. The Morgan fingerprint density at radius 1 is 0.930 bits per heavy atom. The first-order valence-corrected chi connectivity index (χ1v) is 12.9. The minimum Gasteiger partial charge on any atom is -0.485 e. The van der Waals surface area contributed by atoms with Crippen molar-refractivity contribution < 1.29 is 50.5 Å². The highest BCUT2D eigenvalue weighted by Gasteiger charge is 2.34. The maximum atomic E-state index is 13.6. The zero-order chi connectivity index (χ0) is 31.8. The van der Waals surface area contributed by atoms with Gasteiger partial charge in [0.05, 0.1) is 23.6 Å². The first kappa shape index (κ1) is 32.8. The quantitative estimate of drug-likeness (QED) is 0.208. The molecule has 2 atom stereocenters. The van der Waals surface area contributed by atoms with Gasteiger partial charge in [0.15, 0.2) is 0 Å². The third-order valence-corrected chi connectivity index (χ3v) is 6.26. The summed E-state index contributed by atoms with van der Waals surface area (Å²) in [5, 5.41) is 20.5. The number of carboxylic acid groups (broad SMARTS) is 1. The summed E-state index contributed by atoms with van der Waals surface area (Å²) in [6.07, 6.45) is -10.0. The highest BCUT2D eigenvalue weighted by molar-refractivity contribution is 5.94. The molecule has 3 aromatic carbocycles. The number of nitrogens with one attached hydrogen (secondary N) is 1. The maximum Gasteiger partial charge on any atom is 0.573 e. The largest absolute Gasteiger partial charge is 0.573 e. The molecule has 0 heterocycles. The van der Waals surface area contributed by atoms with Crippen molar-refractivity contribution in [3.63, 3.8) is 0 Å². The van der Waals surface area contributed by atoms with Gasteiger partial charge in [-0.2, -0.15) is 18.4 Å². The molecule has 0 saturated heterocycles. The minimum absolute atomic E-state index is 0.0833. The van der Waals surface area contributed by atoms with Crippen molar-refractivity contribution in [1.29, 1.82) is 5.26 Å². The number of hydrogen-bond acceptors (Lipinski definition) is 5. The van der Waals surface area contributed by atoms with E-state index in [2.05, 4.69) is 10.1 Å². The molecule has 0 aromatic heterocycles. The number of rotatable bonds is 12. The molecular formula is C30H26F6N2O5. The fraction of sp³-hybridized carbons (Fsp3) is 0.300. The molecule has 228 valence electrons. The van der Waals surface area contributed by atoms with Crippen molar-refractivity contribution in [1.82, 2.24) is 5.32 Å². The Morgan fingerprint density at radius 2 is 1.56 bits per heavy atom. The predicted octanol–water partition coefficient (Wildman–Crippen LogP) is 7.38. The first-order valence-electron chi connectivity index (χ1n) is 12.9. The molecule has 13 heteroatoms. The zero-order valence-corrected chi connectivity index (χ0v) is 22.6. The van der Waals surface area contributed by atoms with Gasteiger partial charge >= 0.3 is 18.5 Å². The molecule has 0 aliphatic rings. The van der Waals surface area contributed by atoms with E-state index in [4.69, 9.17) is 9.84 Å². The van der Waals surface area contributed by atoms with Crippen LogP contribution < -0.4 is 14.8 Å². The fourth-order valence-corrected chi connectivity index (χ4v) is 4.35. The molecule has 0 unspecified atom stereocenters. The number of alkyl halides is 6. The van der Waals surface area contributed by atoms with E-state index >= 15 is 0 Å². The molecule has 3 aromatic rings. The highest BCUT2D eigenvalue weighted by atomic mass is 19.4. The van der Waals surface area contributed by atoms with Gasteiger partial charge in [0.25, 0.3) is 5.91 Å². The monoisotopic (exact) mass is 608 g/mol. The lowest BCUT2D eigenvalue weighted by Crippen LogP contribution is -2.26. The number of benzene rings is 3. The number of ether oxygens (including phenoxy) is 2. The van der Waals surface area contributed by atoms with E-state index < -0.39 is 47.7 Å². The van der Waals surface area contributed by atoms with Gasteiger partial charge in [-0.15, -0.1) is 13.2 Å². The van der Waals surface area contributed by atoms with E-state index in [1.165, 1.54) is 24.3 Å². The number of carboxylic acids is 1. The summed E-state index contributed by atoms with van der Waals surface area (Å²) < 4.78 is 88.8. The van der Waals surface area contributed by atoms with Crippen molar-refractivity contribution >= 4 is 11.9 Å². The summed E-state index contributed by atoms with van der Waals surface area (Å²) in [4.78, 5) is 23.1. The van der Waals surface area contributed by atoms with Crippen LogP contribution in [0.2, 0.25) is 0 Å². The molecule has 3 rings (SSSR count). The summed E-state index contributed by atoms with van der Waals surface area (Å²) in [5.41, 5.74) is -0.259. The summed E-state index contributed by atoms with van der Waals surface area (Å²) >= 11 is 0. The molecule has 0 spiro atoms. The lowest BCUT2D eigenvalue weighted by atomic mass is 9.85. The summed E-state index contributed by atoms with van der Waals surface area (Å²) in [6, 6.07) is 15.1. The number of hydrogen-bond donors (Lipinski definition) is 2. The average Bonchev–Trinajstić information content (AvgIpc) is 2.94. The molecule has 0 saturated carbocycles. The summed E-state index contributed by atoms with van der Waals surface area (Å²) in [7, 11) is 0. The second kappa shape index (κ2) is 14.0. The Hall–Kier alpha value is -4.73. The van der Waals surface area contributed by atoms with E-state index in [1.54, 1.807) is 18.2 Å². The lowest BCUT2D eigenvalue weighted by molar-refractivity contribution is -0.274. The van der Waals surface area contributed by atoms with Gasteiger partial charge in [0, 0.05) is 18.0 Å². The Bertz CT molecular complexity index is 1450. The zero-order valence-electron chi connectivity index (χ0n) is 22.6. The van der Waals surface area contributed by atoms with Crippen LogP contribution in [0.1, 0.15) is 70.8 Å². The third kappa shape index (κ3) is 9.66. The summed E-state index contributed by atoms with van der Waals surface area (Å²) in [6.45, 7) is 1.77. The Labute approximate surface area is 242 Å². The topological polar surface area (TPSA) is 109 Å². The highest BCUT2D eigenvalue weighted by Crippen LogP contribution is 2.41. The second-order valence-corrected chi connectivity index (χ2v) is 9.43. The smallest absolute Gasteiger partial charge is 0.485 e. The number of nitrogens with zero attached hydrogens (tertiary/aromatic N) is 1. The van der Waals surface area contributed by atoms with E-state index in [0.29, 0.717) is 30.0 Å². The van der Waals surface area contributed by atoms with Crippen molar-refractivity contribution in [2.75, 3.05) is 6.54 Å². The molecule has 0 fully saturated rings. The number of halogens is 6. The molecule has 0 aliphatic carbocycles. The van der Waals surface area contributed by atoms with Gasteiger partial charge in [0.1, 0.15) is 17.6 Å². The van der Waals surface area contributed by atoms with Crippen LogP contribution in [0.4, 0.5) is 26.3 Å². The van der Waals surface area contributed by atoms with E-state index in [1.807, 2.05) is 6.92 Å². The number of carbonyl (C=O) groups is 2. The van der Waals surface area contributed by atoms with Crippen LogP contribution in [-0.2, 0) is 11.0 Å². The van der Waals surface area contributed by atoms with Gasteiger partial charge in [-0.25, -0.2) is 0 Å². The van der Waals surface area contributed by atoms with Gasteiger partial charge in [-0.3, -0.25) is 9.59 Å². The van der Waals surface area contributed by atoms with Gasteiger partial charge in [-0.1, -0.05) is 37.6 Å². The minimum atomic E-state index is -4.93. The van der Waals surface area contributed by atoms with Gasteiger partial charge in [-0.05, 0) is 60.0 Å². The van der Waals surface area contributed by atoms with Crippen LogP contribution in [0.3, 0.4) is 0 Å².